The average molecular weight is 382 g/mol. The lowest BCUT2D eigenvalue weighted by atomic mass is 10.1. The minimum Gasteiger partial charge on any atom is -0.506 e. The third kappa shape index (κ3) is 4.26. The largest absolute Gasteiger partial charge is 0.506 e. The van der Waals surface area contributed by atoms with Crippen LogP contribution in [0.15, 0.2) is 48.7 Å². The highest BCUT2D eigenvalue weighted by Crippen LogP contribution is 2.28. The van der Waals surface area contributed by atoms with Crippen molar-refractivity contribution >= 4 is 17.3 Å². The highest BCUT2D eigenvalue weighted by atomic mass is 16.6. The predicted molar refractivity (Wildman–Crippen MR) is 101 cm³/mol. The zero-order valence-electron chi connectivity index (χ0n) is 15.2. The van der Waals surface area contributed by atoms with E-state index in [0.717, 1.165) is 29.3 Å². The molecule has 1 amide bonds. The lowest BCUT2D eigenvalue weighted by Gasteiger charge is -2.09. The van der Waals surface area contributed by atoms with E-state index in [-0.39, 0.29) is 29.5 Å². The molecule has 0 spiro atoms. The Balaban J connectivity index is 1.67. The molecule has 0 radical (unpaired) electrons. The Morgan fingerprint density at radius 2 is 2.04 bits per heavy atom. The van der Waals surface area contributed by atoms with Gasteiger partial charge in [0.2, 0.25) is 0 Å². The van der Waals surface area contributed by atoms with Crippen LogP contribution in [0.3, 0.4) is 0 Å². The Bertz CT molecular complexity index is 1040. The van der Waals surface area contributed by atoms with Crippen molar-refractivity contribution in [2.24, 2.45) is 0 Å². The summed E-state index contributed by atoms with van der Waals surface area (Å²) in [6.45, 7) is 4.05. The van der Waals surface area contributed by atoms with E-state index >= 15 is 0 Å². The van der Waals surface area contributed by atoms with Gasteiger partial charge < -0.3 is 15.2 Å². The molecule has 3 aromatic rings. The fraction of sp³-hybridized carbons (Fsp3) is 0.158. The second kappa shape index (κ2) is 7.78. The SMILES string of the molecule is Cc1ccc(OCn2ccc(C(=O)Nc3cc([N+](=O)[O-])ccc3O)n2)c(C)c1. The molecular weight excluding hydrogens is 364 g/mol. The standard InChI is InChI=1S/C19H18N4O5/c1-12-3-6-18(13(2)9-12)28-11-22-8-7-15(21-22)19(25)20-16-10-14(23(26)27)4-5-17(16)24/h3-10,24H,11H2,1-2H3,(H,20,25). The third-order valence-electron chi connectivity index (χ3n) is 4.00. The summed E-state index contributed by atoms with van der Waals surface area (Å²) in [5.74, 6) is -0.175. The number of aryl methyl sites for hydroxylation is 2. The van der Waals surface area contributed by atoms with Gasteiger partial charge in [0.15, 0.2) is 12.4 Å². The molecule has 0 fully saturated rings. The maximum Gasteiger partial charge on any atom is 0.276 e. The van der Waals surface area contributed by atoms with Crippen LogP contribution in [0.5, 0.6) is 11.5 Å². The Hall–Kier alpha value is -3.88. The minimum atomic E-state index is -0.617. The normalized spacial score (nSPS) is 10.5. The smallest absolute Gasteiger partial charge is 0.276 e. The van der Waals surface area contributed by atoms with E-state index in [2.05, 4.69) is 10.4 Å². The van der Waals surface area contributed by atoms with Gasteiger partial charge in [0.05, 0.1) is 10.6 Å². The van der Waals surface area contributed by atoms with Gasteiger partial charge >= 0.3 is 0 Å². The fourth-order valence-electron chi connectivity index (χ4n) is 2.58. The summed E-state index contributed by atoms with van der Waals surface area (Å²) in [5.41, 5.74) is 1.88. The Kier molecular flexibility index (Phi) is 5.25. The van der Waals surface area contributed by atoms with Crippen molar-refractivity contribution in [1.82, 2.24) is 9.78 Å². The van der Waals surface area contributed by atoms with Crippen molar-refractivity contribution in [2.45, 2.75) is 20.6 Å². The number of carbonyl (C=O) groups is 1. The van der Waals surface area contributed by atoms with Crippen molar-refractivity contribution in [3.8, 4) is 11.5 Å². The first-order valence-corrected chi connectivity index (χ1v) is 8.36. The molecule has 1 heterocycles. The zero-order valence-corrected chi connectivity index (χ0v) is 15.2. The number of anilines is 1. The molecular formula is C19H18N4O5. The summed E-state index contributed by atoms with van der Waals surface area (Å²) in [7, 11) is 0. The average Bonchev–Trinajstić information content (AvgIpc) is 3.12. The quantitative estimate of drug-likeness (QED) is 0.383. The van der Waals surface area contributed by atoms with Crippen LogP contribution in [0, 0.1) is 24.0 Å². The topological polar surface area (TPSA) is 120 Å². The monoisotopic (exact) mass is 382 g/mol. The third-order valence-corrected chi connectivity index (χ3v) is 4.00. The van der Waals surface area contributed by atoms with Crippen molar-refractivity contribution in [3.05, 3.63) is 75.6 Å². The predicted octanol–water partition coefficient (Wildman–Crippen LogP) is 3.40. The van der Waals surface area contributed by atoms with Gasteiger partial charge in [0, 0.05) is 18.3 Å². The van der Waals surface area contributed by atoms with Crippen molar-refractivity contribution in [2.75, 3.05) is 5.32 Å². The number of benzene rings is 2. The van der Waals surface area contributed by atoms with Crippen LogP contribution in [-0.4, -0.2) is 25.7 Å². The number of phenols is 1. The Morgan fingerprint density at radius 3 is 2.75 bits per heavy atom. The van der Waals surface area contributed by atoms with Crippen LogP contribution in [0.4, 0.5) is 11.4 Å². The summed E-state index contributed by atoms with van der Waals surface area (Å²) in [5, 5.41) is 27.2. The fourth-order valence-corrected chi connectivity index (χ4v) is 2.58. The van der Waals surface area contributed by atoms with Gasteiger partial charge in [-0.3, -0.25) is 14.9 Å². The molecule has 0 atom stereocenters. The molecule has 0 saturated carbocycles. The summed E-state index contributed by atoms with van der Waals surface area (Å²) in [4.78, 5) is 22.5. The first-order chi connectivity index (χ1) is 13.3. The summed E-state index contributed by atoms with van der Waals surface area (Å²) < 4.78 is 7.15. The van der Waals surface area contributed by atoms with Crippen LogP contribution >= 0.6 is 0 Å². The Labute approximate surface area is 160 Å². The van der Waals surface area contributed by atoms with Gasteiger partial charge in [-0.1, -0.05) is 17.7 Å². The van der Waals surface area contributed by atoms with Crippen molar-refractivity contribution in [3.63, 3.8) is 0 Å². The molecule has 0 aliphatic heterocycles. The summed E-state index contributed by atoms with van der Waals surface area (Å²) in [6, 6.07) is 10.7. The summed E-state index contributed by atoms with van der Waals surface area (Å²) in [6.07, 6.45) is 1.58. The van der Waals surface area contributed by atoms with E-state index in [1.165, 1.54) is 10.7 Å². The summed E-state index contributed by atoms with van der Waals surface area (Å²) >= 11 is 0. The molecule has 0 unspecified atom stereocenters. The molecule has 2 N–H and O–H groups in total. The number of nitrogens with zero attached hydrogens (tertiary/aromatic N) is 3. The molecule has 3 rings (SSSR count). The molecule has 9 nitrogen and oxygen atoms in total. The van der Waals surface area contributed by atoms with E-state index in [1.807, 2.05) is 32.0 Å². The number of phenolic OH excluding ortho intramolecular Hbond substituents is 1. The second-order valence-corrected chi connectivity index (χ2v) is 6.20. The number of rotatable bonds is 6. The first kappa shape index (κ1) is 18.9. The molecule has 0 aliphatic carbocycles. The van der Waals surface area contributed by atoms with Crippen LogP contribution < -0.4 is 10.1 Å². The zero-order chi connectivity index (χ0) is 20.3. The number of amides is 1. The molecule has 28 heavy (non-hydrogen) atoms. The molecule has 0 aliphatic rings. The lowest BCUT2D eigenvalue weighted by Crippen LogP contribution is -2.14. The minimum absolute atomic E-state index is 0.0692. The van der Waals surface area contributed by atoms with Gasteiger partial charge in [-0.05, 0) is 37.6 Å². The van der Waals surface area contributed by atoms with Crippen molar-refractivity contribution in [1.29, 1.82) is 0 Å². The van der Waals surface area contributed by atoms with Crippen LogP contribution in [-0.2, 0) is 6.73 Å². The highest BCUT2D eigenvalue weighted by molar-refractivity contribution is 6.03. The number of ether oxygens (including phenoxy) is 1. The Morgan fingerprint density at radius 1 is 1.25 bits per heavy atom. The number of aromatic nitrogens is 2. The van der Waals surface area contributed by atoms with Gasteiger partial charge in [0.25, 0.3) is 11.6 Å². The van der Waals surface area contributed by atoms with E-state index in [0.29, 0.717) is 5.75 Å². The number of hydrogen-bond acceptors (Lipinski definition) is 6. The molecule has 1 aromatic heterocycles. The van der Waals surface area contributed by atoms with E-state index < -0.39 is 10.8 Å². The highest BCUT2D eigenvalue weighted by Gasteiger charge is 2.15. The number of nitro groups is 1. The number of carbonyl (C=O) groups excluding carboxylic acids is 1. The number of nitro benzene ring substituents is 1. The molecule has 0 saturated heterocycles. The number of hydrogen-bond donors (Lipinski definition) is 2. The maximum absolute atomic E-state index is 12.3. The van der Waals surface area contributed by atoms with Crippen LogP contribution in [0.2, 0.25) is 0 Å². The van der Waals surface area contributed by atoms with Gasteiger partial charge in [-0.2, -0.15) is 5.10 Å². The molecule has 144 valence electrons. The van der Waals surface area contributed by atoms with Crippen LogP contribution in [0.1, 0.15) is 21.6 Å². The lowest BCUT2D eigenvalue weighted by molar-refractivity contribution is -0.384. The van der Waals surface area contributed by atoms with Crippen LogP contribution in [0.25, 0.3) is 0 Å². The van der Waals surface area contributed by atoms with E-state index in [9.17, 15) is 20.0 Å². The number of nitrogens with one attached hydrogen (secondary N) is 1. The van der Waals surface area contributed by atoms with Crippen molar-refractivity contribution < 1.29 is 19.6 Å². The van der Waals surface area contributed by atoms with Gasteiger partial charge in [0.1, 0.15) is 11.5 Å². The maximum atomic E-state index is 12.3. The first-order valence-electron chi connectivity index (χ1n) is 8.36. The van der Waals surface area contributed by atoms with E-state index in [1.54, 1.807) is 6.20 Å². The van der Waals surface area contributed by atoms with Gasteiger partial charge in [-0.15, -0.1) is 0 Å². The molecule has 2 aromatic carbocycles. The number of aromatic hydroxyl groups is 1. The van der Waals surface area contributed by atoms with E-state index in [4.69, 9.17) is 4.74 Å². The number of non-ortho nitro benzene ring substituents is 1. The van der Waals surface area contributed by atoms with Gasteiger partial charge in [-0.25, -0.2) is 4.68 Å². The molecule has 0 bridgehead atoms. The molecule has 9 heteroatoms. The second-order valence-electron chi connectivity index (χ2n) is 6.20.